The zero-order valence-electron chi connectivity index (χ0n) is 15.6. The number of benzene rings is 2. The molecule has 0 saturated heterocycles. The minimum atomic E-state index is -1.63. The van der Waals surface area contributed by atoms with Crippen LogP contribution in [0, 0.1) is 11.6 Å². The van der Waals surface area contributed by atoms with Gasteiger partial charge in [0.2, 0.25) is 5.91 Å². The van der Waals surface area contributed by atoms with Crippen molar-refractivity contribution in [2.75, 3.05) is 19.0 Å². The number of amides is 3. The molecule has 0 saturated carbocycles. The lowest BCUT2D eigenvalue weighted by molar-refractivity contribution is -0.123. The molecule has 0 aliphatic carbocycles. The van der Waals surface area contributed by atoms with Crippen molar-refractivity contribution in [3.05, 3.63) is 64.2 Å². The fourth-order valence-electron chi connectivity index (χ4n) is 3.08. The molecule has 0 bridgehead atoms. The molecule has 1 aliphatic rings. The number of hydrogen-bond acceptors (Lipinski definition) is 5. The number of nitrogens with two attached hydrogens (primary N) is 1. The standard InChI is InChI=1S/C19H16ClF2N5O3/c1-24-17(29)15-19(18(23)30,26-8-25-15)10-2-4-11(5-3-10)27-16(28)9-6-12(20)14(22)13(21)7-9/h2-7,26H,8H2,1H3,(H2,23,30)(H,24,29)(H,27,28). The first kappa shape index (κ1) is 21.3. The molecule has 11 heteroatoms. The first-order valence-corrected chi connectivity index (χ1v) is 8.97. The molecular formula is C19H16ClF2N5O3. The summed E-state index contributed by atoms with van der Waals surface area (Å²) in [5.41, 5.74) is 4.32. The number of halogens is 3. The molecule has 5 N–H and O–H groups in total. The zero-order valence-corrected chi connectivity index (χ0v) is 16.3. The monoisotopic (exact) mass is 435 g/mol. The van der Waals surface area contributed by atoms with Gasteiger partial charge in [-0.2, -0.15) is 0 Å². The number of hydrogen-bond donors (Lipinski definition) is 4. The Hall–Kier alpha value is -3.37. The first-order chi connectivity index (χ1) is 14.2. The van der Waals surface area contributed by atoms with E-state index in [2.05, 4.69) is 20.9 Å². The van der Waals surface area contributed by atoms with E-state index in [1.807, 2.05) is 0 Å². The lowest BCUT2D eigenvalue weighted by atomic mass is 9.84. The van der Waals surface area contributed by atoms with Crippen LogP contribution in [-0.2, 0) is 15.1 Å². The van der Waals surface area contributed by atoms with E-state index < -0.39 is 39.9 Å². The van der Waals surface area contributed by atoms with Crippen molar-refractivity contribution in [1.29, 1.82) is 0 Å². The maximum absolute atomic E-state index is 13.5. The topological polar surface area (TPSA) is 126 Å². The van der Waals surface area contributed by atoms with E-state index in [-0.39, 0.29) is 17.9 Å². The molecule has 1 aliphatic heterocycles. The van der Waals surface area contributed by atoms with Crippen molar-refractivity contribution in [1.82, 2.24) is 10.6 Å². The minimum absolute atomic E-state index is 0.0150. The van der Waals surface area contributed by atoms with Crippen LogP contribution < -0.4 is 21.7 Å². The third kappa shape index (κ3) is 3.62. The fourth-order valence-corrected chi connectivity index (χ4v) is 3.29. The number of carbonyl (C=O) groups excluding carboxylic acids is 3. The van der Waals surface area contributed by atoms with E-state index in [0.717, 1.165) is 12.1 Å². The molecule has 2 aromatic carbocycles. The third-order valence-corrected chi connectivity index (χ3v) is 4.85. The maximum atomic E-state index is 13.5. The Morgan fingerprint density at radius 2 is 1.83 bits per heavy atom. The van der Waals surface area contributed by atoms with Crippen molar-refractivity contribution in [2.24, 2.45) is 10.7 Å². The molecule has 156 valence electrons. The zero-order chi connectivity index (χ0) is 22.1. The van der Waals surface area contributed by atoms with Crippen LogP contribution in [0.5, 0.6) is 0 Å². The predicted molar refractivity (Wildman–Crippen MR) is 106 cm³/mol. The summed E-state index contributed by atoms with van der Waals surface area (Å²) >= 11 is 5.57. The van der Waals surface area contributed by atoms with Gasteiger partial charge in [0.1, 0.15) is 5.71 Å². The molecule has 0 fully saturated rings. The van der Waals surface area contributed by atoms with E-state index in [9.17, 15) is 23.2 Å². The summed E-state index contributed by atoms with van der Waals surface area (Å²) < 4.78 is 26.8. The highest BCUT2D eigenvalue weighted by Gasteiger charge is 2.49. The Kier molecular flexibility index (Phi) is 5.81. The van der Waals surface area contributed by atoms with E-state index >= 15 is 0 Å². The van der Waals surface area contributed by atoms with Crippen LogP contribution in [0.2, 0.25) is 5.02 Å². The Morgan fingerprint density at radius 3 is 2.40 bits per heavy atom. The molecule has 0 radical (unpaired) electrons. The second-order valence-electron chi connectivity index (χ2n) is 6.32. The van der Waals surface area contributed by atoms with E-state index in [1.165, 1.54) is 31.3 Å². The summed E-state index contributed by atoms with van der Waals surface area (Å²) in [6.45, 7) is 0.0150. The van der Waals surface area contributed by atoms with Gasteiger partial charge in [0.05, 0.1) is 11.7 Å². The highest BCUT2D eigenvalue weighted by atomic mass is 35.5. The van der Waals surface area contributed by atoms with E-state index in [1.54, 1.807) is 0 Å². The van der Waals surface area contributed by atoms with Crippen molar-refractivity contribution in [3.8, 4) is 0 Å². The van der Waals surface area contributed by atoms with Gasteiger partial charge >= 0.3 is 0 Å². The summed E-state index contributed by atoms with van der Waals surface area (Å²) in [5.74, 6) is -4.60. The smallest absolute Gasteiger partial charge is 0.267 e. The van der Waals surface area contributed by atoms with E-state index in [4.69, 9.17) is 17.3 Å². The van der Waals surface area contributed by atoms with Gasteiger partial charge in [-0.3, -0.25) is 24.7 Å². The van der Waals surface area contributed by atoms with Crippen molar-refractivity contribution in [3.63, 3.8) is 0 Å². The molecule has 30 heavy (non-hydrogen) atoms. The predicted octanol–water partition coefficient (Wildman–Crippen LogP) is 1.30. The van der Waals surface area contributed by atoms with Gasteiger partial charge in [-0.05, 0) is 29.8 Å². The maximum Gasteiger partial charge on any atom is 0.267 e. The Bertz CT molecular complexity index is 1050. The normalized spacial score (nSPS) is 17.9. The first-order valence-electron chi connectivity index (χ1n) is 8.59. The Balaban J connectivity index is 1.87. The quantitative estimate of drug-likeness (QED) is 0.528. The summed E-state index contributed by atoms with van der Waals surface area (Å²) in [7, 11) is 1.40. The van der Waals surface area contributed by atoms with Gasteiger partial charge in [-0.25, -0.2) is 8.78 Å². The number of aliphatic imine (C=N–C) groups is 1. The summed E-state index contributed by atoms with van der Waals surface area (Å²) in [5, 5.41) is 7.23. The molecule has 0 spiro atoms. The number of nitrogens with one attached hydrogen (secondary N) is 3. The molecule has 2 aromatic rings. The third-order valence-electron chi connectivity index (χ3n) is 4.57. The SMILES string of the molecule is CNC(=O)C1=NCNC1(C(N)=O)c1ccc(NC(=O)c2cc(F)c(F)c(Cl)c2)cc1. The van der Waals surface area contributed by atoms with Crippen LogP contribution in [-0.4, -0.2) is 37.1 Å². The van der Waals surface area contributed by atoms with Crippen LogP contribution >= 0.6 is 11.6 Å². The molecule has 1 unspecified atom stereocenters. The molecule has 1 heterocycles. The molecule has 3 rings (SSSR count). The van der Waals surface area contributed by atoms with Crippen LogP contribution in [0.25, 0.3) is 0 Å². The Labute approximate surface area is 174 Å². The number of primary amides is 1. The van der Waals surface area contributed by atoms with Crippen molar-refractivity contribution in [2.45, 2.75) is 5.54 Å². The van der Waals surface area contributed by atoms with Gasteiger partial charge in [-0.15, -0.1) is 0 Å². The largest absolute Gasteiger partial charge is 0.367 e. The number of rotatable bonds is 5. The van der Waals surface area contributed by atoms with Crippen LogP contribution in [0.4, 0.5) is 14.5 Å². The second-order valence-corrected chi connectivity index (χ2v) is 6.73. The fraction of sp³-hybridized carbons (Fsp3) is 0.158. The van der Waals surface area contributed by atoms with Crippen molar-refractivity contribution < 1.29 is 23.2 Å². The molecule has 1 atom stereocenters. The number of nitrogens with zero attached hydrogens (tertiary/aromatic N) is 1. The minimum Gasteiger partial charge on any atom is -0.367 e. The lowest BCUT2D eigenvalue weighted by Gasteiger charge is -2.27. The van der Waals surface area contributed by atoms with Gasteiger partial charge < -0.3 is 16.4 Å². The summed E-state index contributed by atoms with van der Waals surface area (Å²) in [4.78, 5) is 40.7. The van der Waals surface area contributed by atoms with Crippen LogP contribution in [0.15, 0.2) is 41.4 Å². The van der Waals surface area contributed by atoms with Gasteiger partial charge in [-0.1, -0.05) is 23.7 Å². The summed E-state index contributed by atoms with van der Waals surface area (Å²) in [6.07, 6.45) is 0. The van der Waals surface area contributed by atoms with Gasteiger partial charge in [0.25, 0.3) is 11.8 Å². The van der Waals surface area contributed by atoms with Gasteiger partial charge in [0.15, 0.2) is 17.2 Å². The average molecular weight is 436 g/mol. The highest BCUT2D eigenvalue weighted by Crippen LogP contribution is 2.28. The van der Waals surface area contributed by atoms with Crippen molar-refractivity contribution >= 4 is 40.7 Å². The Morgan fingerprint density at radius 1 is 1.17 bits per heavy atom. The summed E-state index contributed by atoms with van der Waals surface area (Å²) in [6, 6.07) is 7.61. The molecular weight excluding hydrogens is 420 g/mol. The lowest BCUT2D eigenvalue weighted by Crippen LogP contribution is -2.58. The van der Waals surface area contributed by atoms with Gasteiger partial charge in [0, 0.05) is 18.3 Å². The molecule has 3 amide bonds. The second kappa shape index (κ2) is 8.17. The van der Waals surface area contributed by atoms with Crippen LogP contribution in [0.1, 0.15) is 15.9 Å². The average Bonchev–Trinajstić information content (AvgIpc) is 3.18. The van der Waals surface area contributed by atoms with E-state index in [0.29, 0.717) is 11.3 Å². The van der Waals surface area contributed by atoms with Crippen LogP contribution in [0.3, 0.4) is 0 Å². The number of anilines is 1. The number of carbonyl (C=O) groups is 3. The molecule has 0 aromatic heterocycles. The molecule has 8 nitrogen and oxygen atoms in total. The highest BCUT2D eigenvalue weighted by molar-refractivity contribution is 6.47.